The second-order valence-corrected chi connectivity index (χ2v) is 4.54. The van der Waals surface area contributed by atoms with Gasteiger partial charge in [0, 0.05) is 18.8 Å². The Morgan fingerprint density at radius 2 is 2.21 bits per heavy atom. The van der Waals surface area contributed by atoms with Gasteiger partial charge in [-0.25, -0.2) is 0 Å². The van der Waals surface area contributed by atoms with Crippen molar-refractivity contribution in [1.29, 1.82) is 0 Å². The first kappa shape index (κ1) is 9.37. The average molecular weight is 194 g/mol. The summed E-state index contributed by atoms with van der Waals surface area (Å²) in [6, 6.07) is 0. The molecule has 78 valence electrons. The summed E-state index contributed by atoms with van der Waals surface area (Å²) in [5, 5.41) is 7.76. The number of anilines is 2. The van der Waals surface area contributed by atoms with Crippen molar-refractivity contribution in [2.45, 2.75) is 32.2 Å². The van der Waals surface area contributed by atoms with Gasteiger partial charge in [-0.3, -0.25) is 4.68 Å². The number of hydrogen-bond donors (Lipinski definition) is 2. The molecule has 14 heavy (non-hydrogen) atoms. The minimum atomic E-state index is 0.252. The van der Waals surface area contributed by atoms with Crippen LogP contribution in [0.5, 0.6) is 0 Å². The van der Waals surface area contributed by atoms with Crippen molar-refractivity contribution in [3.8, 4) is 0 Å². The first-order valence-electron chi connectivity index (χ1n) is 5.11. The van der Waals surface area contributed by atoms with Crippen LogP contribution in [0.25, 0.3) is 0 Å². The maximum absolute atomic E-state index is 5.83. The predicted octanol–water partition coefficient (Wildman–Crippen LogP) is 1.60. The Morgan fingerprint density at radius 3 is 2.57 bits per heavy atom. The summed E-state index contributed by atoms with van der Waals surface area (Å²) in [6.45, 7) is 4.47. The molecule has 0 aliphatic heterocycles. The van der Waals surface area contributed by atoms with E-state index in [9.17, 15) is 0 Å². The van der Waals surface area contributed by atoms with Crippen LogP contribution in [-0.4, -0.2) is 15.3 Å². The van der Waals surface area contributed by atoms with E-state index in [1.807, 2.05) is 13.2 Å². The van der Waals surface area contributed by atoms with E-state index in [1.54, 1.807) is 4.68 Å². The molecule has 0 amide bonds. The van der Waals surface area contributed by atoms with Gasteiger partial charge in [0.15, 0.2) is 5.82 Å². The van der Waals surface area contributed by atoms with Crippen molar-refractivity contribution in [1.82, 2.24) is 9.78 Å². The van der Waals surface area contributed by atoms with Gasteiger partial charge in [0.05, 0.1) is 5.69 Å². The molecular formula is C10H18N4. The van der Waals surface area contributed by atoms with Gasteiger partial charge in [0.2, 0.25) is 0 Å². The molecule has 1 saturated carbocycles. The summed E-state index contributed by atoms with van der Waals surface area (Å²) >= 11 is 0. The van der Waals surface area contributed by atoms with Crippen LogP contribution in [0.1, 0.15) is 26.7 Å². The van der Waals surface area contributed by atoms with Gasteiger partial charge in [0.1, 0.15) is 0 Å². The molecule has 1 aliphatic carbocycles. The standard InChI is InChI=1S/C10H18N4/c1-7(2)10(4-5-10)12-9-8(11)6-14(3)13-9/h6-7H,4-5,11H2,1-3H3,(H,12,13). The molecule has 0 spiro atoms. The van der Waals surface area contributed by atoms with Crippen LogP contribution in [0.2, 0.25) is 0 Å². The van der Waals surface area contributed by atoms with Crippen LogP contribution in [-0.2, 0) is 7.05 Å². The zero-order valence-corrected chi connectivity index (χ0v) is 9.04. The van der Waals surface area contributed by atoms with Crippen molar-refractivity contribution < 1.29 is 0 Å². The molecule has 1 aromatic rings. The van der Waals surface area contributed by atoms with Crippen LogP contribution in [0.4, 0.5) is 11.5 Å². The minimum Gasteiger partial charge on any atom is -0.394 e. The first-order valence-corrected chi connectivity index (χ1v) is 5.11. The lowest BCUT2D eigenvalue weighted by Crippen LogP contribution is -2.28. The lowest BCUT2D eigenvalue weighted by molar-refractivity contribution is 0.509. The molecule has 0 saturated heterocycles. The predicted molar refractivity (Wildman–Crippen MR) is 58.0 cm³/mol. The molecule has 2 rings (SSSR count). The quantitative estimate of drug-likeness (QED) is 0.768. The summed E-state index contributed by atoms with van der Waals surface area (Å²) in [7, 11) is 1.89. The molecule has 1 heterocycles. The Bertz CT molecular complexity index is 336. The molecule has 3 N–H and O–H groups in total. The largest absolute Gasteiger partial charge is 0.394 e. The average Bonchev–Trinajstić information content (AvgIpc) is 2.77. The number of nitrogen functional groups attached to an aromatic ring is 1. The molecule has 1 aliphatic rings. The van der Waals surface area contributed by atoms with Crippen LogP contribution < -0.4 is 11.1 Å². The molecular weight excluding hydrogens is 176 g/mol. The second-order valence-electron chi connectivity index (χ2n) is 4.54. The van der Waals surface area contributed by atoms with Crippen LogP contribution in [0.3, 0.4) is 0 Å². The Hall–Kier alpha value is -1.19. The van der Waals surface area contributed by atoms with Gasteiger partial charge >= 0.3 is 0 Å². The van der Waals surface area contributed by atoms with Crippen molar-refractivity contribution in [3.63, 3.8) is 0 Å². The Balaban J connectivity index is 2.15. The SMILES string of the molecule is CC(C)C1(Nc2nn(C)cc2N)CC1. The summed E-state index contributed by atoms with van der Waals surface area (Å²) in [6.07, 6.45) is 4.28. The van der Waals surface area contributed by atoms with Gasteiger partial charge < -0.3 is 11.1 Å². The third-order valence-corrected chi connectivity index (χ3v) is 3.12. The molecule has 4 heteroatoms. The Morgan fingerprint density at radius 1 is 1.57 bits per heavy atom. The van der Waals surface area contributed by atoms with E-state index in [4.69, 9.17) is 5.73 Å². The summed E-state index contributed by atoms with van der Waals surface area (Å²) < 4.78 is 1.74. The van der Waals surface area contributed by atoms with E-state index in [1.165, 1.54) is 12.8 Å². The van der Waals surface area contributed by atoms with E-state index in [0.717, 1.165) is 11.5 Å². The zero-order chi connectivity index (χ0) is 10.3. The normalized spacial score (nSPS) is 18.6. The lowest BCUT2D eigenvalue weighted by atomic mass is 10.0. The van der Waals surface area contributed by atoms with Crippen LogP contribution in [0.15, 0.2) is 6.20 Å². The van der Waals surface area contributed by atoms with Crippen molar-refractivity contribution in [2.75, 3.05) is 11.1 Å². The molecule has 0 bridgehead atoms. The third kappa shape index (κ3) is 1.45. The highest BCUT2D eigenvalue weighted by Crippen LogP contribution is 2.45. The van der Waals surface area contributed by atoms with Gasteiger partial charge in [-0.15, -0.1) is 0 Å². The van der Waals surface area contributed by atoms with Gasteiger partial charge in [-0.05, 0) is 18.8 Å². The van der Waals surface area contributed by atoms with E-state index >= 15 is 0 Å². The van der Waals surface area contributed by atoms with E-state index in [2.05, 4.69) is 24.3 Å². The number of nitrogens with zero attached hydrogens (tertiary/aromatic N) is 2. The van der Waals surface area contributed by atoms with E-state index in [0.29, 0.717) is 5.92 Å². The highest BCUT2D eigenvalue weighted by molar-refractivity contribution is 5.61. The van der Waals surface area contributed by atoms with E-state index < -0.39 is 0 Å². The number of hydrogen-bond acceptors (Lipinski definition) is 3. The van der Waals surface area contributed by atoms with Crippen molar-refractivity contribution in [3.05, 3.63) is 6.20 Å². The molecule has 0 atom stereocenters. The van der Waals surface area contributed by atoms with Crippen molar-refractivity contribution >= 4 is 11.5 Å². The molecule has 0 unspecified atom stereocenters. The smallest absolute Gasteiger partial charge is 0.171 e. The molecule has 0 aromatic carbocycles. The zero-order valence-electron chi connectivity index (χ0n) is 9.04. The maximum Gasteiger partial charge on any atom is 0.171 e. The number of nitrogens with two attached hydrogens (primary N) is 1. The monoisotopic (exact) mass is 194 g/mol. The fourth-order valence-electron chi connectivity index (χ4n) is 1.82. The first-order chi connectivity index (χ1) is 6.53. The number of rotatable bonds is 3. The Labute approximate surface area is 84.5 Å². The lowest BCUT2D eigenvalue weighted by Gasteiger charge is -2.21. The fraction of sp³-hybridized carbons (Fsp3) is 0.700. The van der Waals surface area contributed by atoms with E-state index in [-0.39, 0.29) is 5.54 Å². The highest BCUT2D eigenvalue weighted by atomic mass is 15.3. The summed E-state index contributed by atoms with van der Waals surface area (Å²) in [5.41, 5.74) is 6.82. The van der Waals surface area contributed by atoms with Crippen LogP contribution >= 0.6 is 0 Å². The number of aromatic nitrogens is 2. The molecule has 4 nitrogen and oxygen atoms in total. The van der Waals surface area contributed by atoms with Crippen molar-refractivity contribution in [2.24, 2.45) is 13.0 Å². The second kappa shape index (κ2) is 2.90. The van der Waals surface area contributed by atoms with Gasteiger partial charge in [-0.2, -0.15) is 5.10 Å². The van der Waals surface area contributed by atoms with Crippen LogP contribution in [0, 0.1) is 5.92 Å². The fourth-order valence-corrected chi connectivity index (χ4v) is 1.82. The third-order valence-electron chi connectivity index (χ3n) is 3.12. The van der Waals surface area contributed by atoms with Gasteiger partial charge in [-0.1, -0.05) is 13.8 Å². The molecule has 1 fully saturated rings. The number of aryl methyl sites for hydroxylation is 1. The molecule has 1 aromatic heterocycles. The number of nitrogens with one attached hydrogen (secondary N) is 1. The molecule has 0 radical (unpaired) electrons. The Kier molecular flexibility index (Phi) is 1.94. The summed E-state index contributed by atoms with van der Waals surface area (Å²) in [4.78, 5) is 0. The summed E-state index contributed by atoms with van der Waals surface area (Å²) in [5.74, 6) is 1.46. The topological polar surface area (TPSA) is 55.9 Å². The van der Waals surface area contributed by atoms with Gasteiger partial charge in [0.25, 0.3) is 0 Å². The minimum absolute atomic E-state index is 0.252. The highest BCUT2D eigenvalue weighted by Gasteiger charge is 2.46. The maximum atomic E-state index is 5.83.